The molecule has 0 amide bonds. The third-order valence-electron chi connectivity index (χ3n) is 2.95. The molecule has 0 heterocycles. The summed E-state index contributed by atoms with van der Waals surface area (Å²) in [4.78, 5) is 0. The van der Waals surface area contributed by atoms with Crippen molar-refractivity contribution in [1.82, 2.24) is 5.32 Å². The van der Waals surface area contributed by atoms with Crippen molar-refractivity contribution in [3.05, 3.63) is 32.7 Å². The highest BCUT2D eigenvalue weighted by atomic mass is 79.9. The Balaban J connectivity index is 2.16. The van der Waals surface area contributed by atoms with Crippen molar-refractivity contribution in [1.29, 1.82) is 0 Å². The molecule has 0 saturated heterocycles. The van der Waals surface area contributed by atoms with Crippen LogP contribution in [0.4, 0.5) is 0 Å². The molecule has 0 aromatic heterocycles. The fourth-order valence-corrected chi connectivity index (χ4v) is 3.19. The second kappa shape index (κ2) is 4.98. The van der Waals surface area contributed by atoms with Gasteiger partial charge in [-0.2, -0.15) is 0 Å². The molecule has 0 radical (unpaired) electrons. The number of nitrogens with one attached hydrogen (secondary N) is 1. The van der Waals surface area contributed by atoms with Crippen LogP contribution in [0, 0.1) is 5.92 Å². The van der Waals surface area contributed by atoms with E-state index in [1.54, 1.807) is 0 Å². The minimum absolute atomic E-state index is 0.486. The van der Waals surface area contributed by atoms with E-state index in [-0.39, 0.29) is 0 Å². The van der Waals surface area contributed by atoms with Crippen LogP contribution in [0.2, 0.25) is 0 Å². The lowest BCUT2D eigenvalue weighted by Crippen LogP contribution is -2.17. The van der Waals surface area contributed by atoms with Gasteiger partial charge in [0.1, 0.15) is 0 Å². The Morgan fingerprint density at radius 1 is 1.40 bits per heavy atom. The molecule has 1 atom stereocenters. The van der Waals surface area contributed by atoms with Crippen LogP contribution in [0.3, 0.4) is 0 Å². The molecular formula is C12H15Br2N. The van der Waals surface area contributed by atoms with Crippen molar-refractivity contribution < 1.29 is 0 Å². The zero-order valence-corrected chi connectivity index (χ0v) is 11.9. The molecule has 1 nitrogen and oxygen atoms in total. The summed E-state index contributed by atoms with van der Waals surface area (Å²) in [6.45, 7) is 0. The molecule has 1 aliphatic rings. The highest BCUT2D eigenvalue weighted by Gasteiger charge is 2.26. The second-order valence-corrected chi connectivity index (χ2v) is 5.96. The van der Waals surface area contributed by atoms with E-state index in [2.05, 4.69) is 55.4 Å². The van der Waals surface area contributed by atoms with Crippen molar-refractivity contribution in [2.45, 2.75) is 25.3 Å². The highest BCUT2D eigenvalue weighted by Crippen LogP contribution is 2.39. The summed E-state index contributed by atoms with van der Waals surface area (Å²) in [6.07, 6.45) is 4.08. The van der Waals surface area contributed by atoms with Gasteiger partial charge in [-0.15, -0.1) is 0 Å². The molecule has 0 spiro atoms. The molecule has 1 aromatic carbocycles. The summed E-state index contributed by atoms with van der Waals surface area (Å²) in [5.74, 6) is 0.943. The third-order valence-corrected chi connectivity index (χ3v) is 4.13. The number of rotatable bonds is 4. The number of hydrogen-bond donors (Lipinski definition) is 1. The number of halogens is 2. The summed E-state index contributed by atoms with van der Waals surface area (Å²) in [5, 5.41) is 3.40. The monoisotopic (exact) mass is 331 g/mol. The smallest absolute Gasteiger partial charge is 0.0331 e. The zero-order chi connectivity index (χ0) is 10.8. The summed E-state index contributed by atoms with van der Waals surface area (Å²) < 4.78 is 2.32. The lowest BCUT2D eigenvalue weighted by atomic mass is 10.0. The maximum absolute atomic E-state index is 3.63. The maximum atomic E-state index is 3.63. The normalized spacial score (nSPS) is 17.8. The van der Waals surface area contributed by atoms with E-state index >= 15 is 0 Å². The molecule has 1 aromatic rings. The van der Waals surface area contributed by atoms with Gasteiger partial charge in [0.25, 0.3) is 0 Å². The predicted molar refractivity (Wildman–Crippen MR) is 71.0 cm³/mol. The van der Waals surface area contributed by atoms with Gasteiger partial charge in [-0.3, -0.25) is 0 Å². The Bertz CT molecular complexity index is 347. The van der Waals surface area contributed by atoms with E-state index in [1.807, 2.05) is 7.05 Å². The molecule has 1 N–H and O–H groups in total. The fourth-order valence-electron chi connectivity index (χ4n) is 1.87. The van der Waals surface area contributed by atoms with Crippen LogP contribution in [0.25, 0.3) is 0 Å². The van der Waals surface area contributed by atoms with Crippen LogP contribution in [-0.2, 0) is 0 Å². The molecule has 1 saturated carbocycles. The minimum atomic E-state index is 0.486. The van der Waals surface area contributed by atoms with Crippen LogP contribution in [0.1, 0.15) is 30.9 Å². The zero-order valence-electron chi connectivity index (χ0n) is 8.76. The molecule has 82 valence electrons. The quantitative estimate of drug-likeness (QED) is 0.868. The van der Waals surface area contributed by atoms with Gasteiger partial charge in [0, 0.05) is 15.0 Å². The van der Waals surface area contributed by atoms with E-state index in [0.29, 0.717) is 6.04 Å². The topological polar surface area (TPSA) is 12.0 Å². The van der Waals surface area contributed by atoms with Gasteiger partial charge in [-0.1, -0.05) is 50.8 Å². The molecule has 1 fully saturated rings. The summed E-state index contributed by atoms with van der Waals surface area (Å²) in [5.41, 5.74) is 1.37. The Labute approximate surface area is 108 Å². The van der Waals surface area contributed by atoms with Crippen LogP contribution in [0.5, 0.6) is 0 Å². The molecule has 2 rings (SSSR count). The molecule has 1 aliphatic carbocycles. The predicted octanol–water partition coefficient (Wildman–Crippen LogP) is 4.27. The van der Waals surface area contributed by atoms with Gasteiger partial charge in [-0.05, 0) is 37.1 Å². The largest absolute Gasteiger partial charge is 0.313 e. The lowest BCUT2D eigenvalue weighted by Gasteiger charge is -2.18. The standard InChI is InChI=1S/C12H15Br2N/c1-15-12(6-8-2-3-8)10-5-4-9(13)7-11(10)14/h4-5,7-8,12,15H,2-3,6H2,1H3. The second-order valence-electron chi connectivity index (χ2n) is 4.19. The first kappa shape index (κ1) is 11.6. The van der Waals surface area contributed by atoms with Gasteiger partial charge < -0.3 is 5.32 Å². The van der Waals surface area contributed by atoms with Crippen molar-refractivity contribution >= 4 is 31.9 Å². The average Bonchev–Trinajstić information content (AvgIpc) is 2.99. The average molecular weight is 333 g/mol. The third kappa shape index (κ3) is 3.05. The van der Waals surface area contributed by atoms with Crippen molar-refractivity contribution in [3.63, 3.8) is 0 Å². The molecule has 3 heteroatoms. The summed E-state index contributed by atoms with van der Waals surface area (Å²) in [7, 11) is 2.04. The Morgan fingerprint density at radius 3 is 2.67 bits per heavy atom. The molecule has 1 unspecified atom stereocenters. The van der Waals surface area contributed by atoms with Crippen molar-refractivity contribution in [3.8, 4) is 0 Å². The van der Waals surface area contributed by atoms with Crippen LogP contribution in [-0.4, -0.2) is 7.05 Å². The summed E-state index contributed by atoms with van der Waals surface area (Å²) >= 11 is 7.11. The minimum Gasteiger partial charge on any atom is -0.313 e. The molecule has 0 aliphatic heterocycles. The van der Waals surface area contributed by atoms with Gasteiger partial charge >= 0.3 is 0 Å². The maximum Gasteiger partial charge on any atom is 0.0331 e. The number of hydrogen-bond acceptors (Lipinski definition) is 1. The Kier molecular flexibility index (Phi) is 3.86. The Morgan fingerprint density at radius 2 is 2.13 bits per heavy atom. The van der Waals surface area contributed by atoms with Crippen LogP contribution >= 0.6 is 31.9 Å². The molecule has 15 heavy (non-hydrogen) atoms. The first-order valence-electron chi connectivity index (χ1n) is 5.33. The first-order chi connectivity index (χ1) is 7.20. The number of benzene rings is 1. The van der Waals surface area contributed by atoms with E-state index in [4.69, 9.17) is 0 Å². The molecule has 0 bridgehead atoms. The van der Waals surface area contributed by atoms with Gasteiger partial charge in [-0.25, -0.2) is 0 Å². The van der Waals surface area contributed by atoms with E-state index < -0.39 is 0 Å². The molecular weight excluding hydrogens is 318 g/mol. The Hall–Kier alpha value is 0.140. The first-order valence-corrected chi connectivity index (χ1v) is 6.91. The lowest BCUT2D eigenvalue weighted by molar-refractivity contribution is 0.513. The van der Waals surface area contributed by atoms with Gasteiger partial charge in [0.2, 0.25) is 0 Å². The van der Waals surface area contributed by atoms with Gasteiger partial charge in [0.05, 0.1) is 0 Å². The van der Waals surface area contributed by atoms with E-state index in [9.17, 15) is 0 Å². The van der Waals surface area contributed by atoms with E-state index in [1.165, 1.54) is 29.3 Å². The SMILES string of the molecule is CNC(CC1CC1)c1ccc(Br)cc1Br. The van der Waals surface area contributed by atoms with Crippen molar-refractivity contribution in [2.75, 3.05) is 7.05 Å². The van der Waals surface area contributed by atoms with Crippen LogP contribution < -0.4 is 5.32 Å². The van der Waals surface area contributed by atoms with Crippen molar-refractivity contribution in [2.24, 2.45) is 5.92 Å². The summed E-state index contributed by atoms with van der Waals surface area (Å²) in [6, 6.07) is 6.90. The van der Waals surface area contributed by atoms with Gasteiger partial charge in [0.15, 0.2) is 0 Å². The van der Waals surface area contributed by atoms with Crippen LogP contribution in [0.15, 0.2) is 27.1 Å². The highest BCUT2D eigenvalue weighted by molar-refractivity contribution is 9.11. The fraction of sp³-hybridized carbons (Fsp3) is 0.500. The van der Waals surface area contributed by atoms with E-state index in [0.717, 1.165) is 10.4 Å².